The van der Waals surface area contributed by atoms with Crippen molar-refractivity contribution in [2.24, 2.45) is 0 Å². The number of pyridine rings is 1. The first-order valence-electron chi connectivity index (χ1n) is 15.1. The van der Waals surface area contributed by atoms with Gasteiger partial charge in [0.25, 0.3) is 5.91 Å². The third-order valence-electron chi connectivity index (χ3n) is 8.90. The molecule has 10 heteroatoms. The van der Waals surface area contributed by atoms with Crippen LogP contribution in [0.25, 0.3) is 28.0 Å². The molecule has 2 fully saturated rings. The number of benzene rings is 1. The Kier molecular flexibility index (Phi) is 7.87. The van der Waals surface area contributed by atoms with E-state index in [4.69, 9.17) is 25.8 Å². The van der Waals surface area contributed by atoms with Gasteiger partial charge in [-0.2, -0.15) is 9.61 Å². The molecule has 1 saturated carbocycles. The van der Waals surface area contributed by atoms with E-state index in [1.54, 1.807) is 18.7 Å². The topological polar surface area (TPSA) is 126 Å². The van der Waals surface area contributed by atoms with Crippen molar-refractivity contribution in [2.75, 3.05) is 26.6 Å². The predicted molar refractivity (Wildman–Crippen MR) is 168 cm³/mol. The van der Waals surface area contributed by atoms with E-state index in [9.17, 15) is 4.79 Å². The van der Waals surface area contributed by atoms with Gasteiger partial charge in [-0.3, -0.25) is 15.2 Å². The summed E-state index contributed by atoms with van der Waals surface area (Å²) in [4.78, 5) is 26.9. The Morgan fingerprint density at radius 2 is 1.88 bits per heavy atom. The Morgan fingerprint density at radius 1 is 1.12 bits per heavy atom. The van der Waals surface area contributed by atoms with Crippen LogP contribution in [0.5, 0.6) is 0 Å². The van der Waals surface area contributed by atoms with E-state index in [1.165, 1.54) is 4.90 Å². The highest BCUT2D eigenvalue weighted by atomic mass is 16.5. The van der Waals surface area contributed by atoms with E-state index in [2.05, 4.69) is 25.0 Å². The molecule has 224 valence electrons. The Morgan fingerprint density at radius 3 is 2.56 bits per heavy atom. The van der Waals surface area contributed by atoms with E-state index in [-0.39, 0.29) is 36.5 Å². The summed E-state index contributed by atoms with van der Waals surface area (Å²) in [6.07, 6.45) is 8.42. The van der Waals surface area contributed by atoms with Crippen molar-refractivity contribution >= 4 is 23.2 Å². The number of ether oxygens (including phenoxy) is 1. The largest absolute Gasteiger partial charge is 0.383 e. The normalized spacial score (nSPS) is 19.1. The fourth-order valence-electron chi connectivity index (χ4n) is 6.48. The molecule has 4 aromatic rings. The molecule has 3 aromatic heterocycles. The lowest BCUT2D eigenvalue weighted by molar-refractivity contribution is -0.127. The first-order valence-corrected chi connectivity index (χ1v) is 15.1. The van der Waals surface area contributed by atoms with Gasteiger partial charge in [-0.15, -0.1) is 0 Å². The number of nitrogens with zero attached hydrogens (tertiary/aromatic N) is 6. The average Bonchev–Trinajstić information content (AvgIpc) is 3.66. The van der Waals surface area contributed by atoms with Crippen LogP contribution in [0.4, 0.5) is 5.82 Å². The van der Waals surface area contributed by atoms with Crippen LogP contribution < -0.4 is 5.73 Å². The molecule has 4 heterocycles. The van der Waals surface area contributed by atoms with Gasteiger partial charge in [-0.05, 0) is 51.0 Å². The molecule has 1 amide bonds. The third-order valence-corrected chi connectivity index (χ3v) is 8.90. The smallest absolute Gasteiger partial charge is 0.289 e. The summed E-state index contributed by atoms with van der Waals surface area (Å²) in [5.74, 6) is 0.777. The number of anilines is 1. The van der Waals surface area contributed by atoms with Crippen molar-refractivity contribution in [1.29, 1.82) is 5.41 Å². The maximum atomic E-state index is 13.4. The molecule has 6 rings (SSSR count). The molecular formula is C33H40N8O2. The summed E-state index contributed by atoms with van der Waals surface area (Å²) in [6.45, 7) is 4.45. The zero-order valence-corrected chi connectivity index (χ0v) is 25.3. The molecule has 1 saturated heterocycles. The van der Waals surface area contributed by atoms with Gasteiger partial charge in [0.1, 0.15) is 12.5 Å². The van der Waals surface area contributed by atoms with Gasteiger partial charge >= 0.3 is 0 Å². The monoisotopic (exact) mass is 580 g/mol. The van der Waals surface area contributed by atoms with Crippen molar-refractivity contribution in [3.05, 3.63) is 66.1 Å². The number of fused-ring (bicyclic) bond motifs is 1. The zero-order chi connectivity index (χ0) is 30.2. The van der Waals surface area contributed by atoms with Crippen LogP contribution in [0, 0.1) is 5.41 Å². The van der Waals surface area contributed by atoms with E-state index < -0.39 is 0 Å². The summed E-state index contributed by atoms with van der Waals surface area (Å²) < 4.78 is 6.91. The second-order valence-electron chi connectivity index (χ2n) is 12.1. The number of likely N-dealkylation sites (tertiary alicyclic amines) is 1. The van der Waals surface area contributed by atoms with E-state index in [0.29, 0.717) is 17.4 Å². The van der Waals surface area contributed by atoms with Gasteiger partial charge in [0.15, 0.2) is 11.5 Å². The number of nitrogens with one attached hydrogen (secondary N) is 1. The number of carbonyl (C=O) groups excluding carboxylic acids is 1. The molecular weight excluding hydrogens is 540 g/mol. The van der Waals surface area contributed by atoms with E-state index >= 15 is 0 Å². The van der Waals surface area contributed by atoms with E-state index in [0.717, 1.165) is 65.7 Å². The number of hydrogen-bond acceptors (Lipinski definition) is 7. The van der Waals surface area contributed by atoms with Crippen LogP contribution in [0.15, 0.2) is 54.9 Å². The van der Waals surface area contributed by atoms with Gasteiger partial charge in [0.05, 0.1) is 17.6 Å². The highest BCUT2D eigenvalue weighted by Crippen LogP contribution is 2.47. The molecule has 10 nitrogen and oxygen atoms in total. The number of likely N-dealkylation sites (N-methyl/N-ethyl adjacent to an activating group) is 1. The molecule has 3 N–H and O–H groups in total. The second-order valence-corrected chi connectivity index (χ2v) is 12.1. The number of amides is 1. The van der Waals surface area contributed by atoms with Gasteiger partial charge in [0.2, 0.25) is 0 Å². The molecule has 0 radical (unpaired) electrons. The summed E-state index contributed by atoms with van der Waals surface area (Å²) in [5.41, 5.74) is 13.4. The van der Waals surface area contributed by atoms with Crippen molar-refractivity contribution in [1.82, 2.24) is 29.4 Å². The van der Waals surface area contributed by atoms with E-state index in [1.807, 2.05) is 53.7 Å². The Labute approximate surface area is 252 Å². The highest BCUT2D eigenvalue weighted by molar-refractivity contribution is 6.36. The Bertz CT molecular complexity index is 1630. The maximum Gasteiger partial charge on any atom is 0.289 e. The standard InChI is InChI=1S/C33H40N8O2/c1-20(16-25-14-10-21(2)40(25)33(42)31(35)39(3)19-43-4)29-28(23-11-12-23)30(34)41-32(38-29)26(18-37-41)24-13-15-27(36-17-24)22-8-6-5-7-9-22/h5-9,13,15,17-18,20-21,23,25,35H,10-12,14,16,19,34H2,1-4H3. The SMILES string of the molecule is COCN(C)C(=N)C(=O)N1C(C)CCC1CC(C)c1nc2c(-c3ccc(-c4ccccc4)nc3)cnn2c(N)c1C1CC1. The molecule has 3 atom stereocenters. The Hall–Kier alpha value is -4.31. The predicted octanol–water partition coefficient (Wildman–Crippen LogP) is 5.30. The van der Waals surface area contributed by atoms with Crippen LogP contribution in [0.2, 0.25) is 0 Å². The summed E-state index contributed by atoms with van der Waals surface area (Å²) in [5, 5.41) is 13.1. The molecule has 3 unspecified atom stereocenters. The maximum absolute atomic E-state index is 13.4. The molecule has 1 aliphatic heterocycles. The van der Waals surface area contributed by atoms with Crippen LogP contribution >= 0.6 is 0 Å². The molecule has 2 aliphatic rings. The van der Waals surface area contributed by atoms with Crippen molar-refractivity contribution < 1.29 is 9.53 Å². The number of rotatable bonds is 8. The number of nitrogen functional groups attached to an aromatic ring is 1. The molecule has 1 aromatic carbocycles. The average molecular weight is 581 g/mol. The lowest BCUT2D eigenvalue weighted by Gasteiger charge is -2.32. The van der Waals surface area contributed by atoms with Gasteiger partial charge in [0, 0.05) is 60.6 Å². The lowest BCUT2D eigenvalue weighted by atomic mass is 9.92. The van der Waals surface area contributed by atoms with Crippen molar-refractivity contribution in [3.8, 4) is 22.4 Å². The fourth-order valence-corrected chi connectivity index (χ4v) is 6.48. The number of aromatic nitrogens is 4. The number of nitrogens with two attached hydrogens (primary N) is 1. The minimum Gasteiger partial charge on any atom is -0.383 e. The molecule has 0 bridgehead atoms. The number of methoxy groups -OCH3 is 1. The summed E-state index contributed by atoms with van der Waals surface area (Å²) >= 11 is 0. The first-order chi connectivity index (χ1) is 20.8. The van der Waals surface area contributed by atoms with Crippen LogP contribution in [0.1, 0.15) is 69.0 Å². The van der Waals surface area contributed by atoms with Gasteiger partial charge < -0.3 is 20.3 Å². The van der Waals surface area contributed by atoms with Crippen molar-refractivity contribution in [3.63, 3.8) is 0 Å². The lowest BCUT2D eigenvalue weighted by Crippen LogP contribution is -2.48. The number of carbonyl (C=O) groups is 1. The molecule has 43 heavy (non-hydrogen) atoms. The van der Waals surface area contributed by atoms with Crippen LogP contribution in [-0.4, -0.2) is 74.1 Å². The first kappa shape index (κ1) is 28.8. The number of hydrogen-bond donors (Lipinski definition) is 2. The Balaban J connectivity index is 1.32. The minimum atomic E-state index is -0.253. The molecule has 0 spiro atoms. The summed E-state index contributed by atoms with van der Waals surface area (Å²) in [6, 6.07) is 14.3. The van der Waals surface area contributed by atoms with Gasteiger partial charge in [-0.1, -0.05) is 43.3 Å². The van der Waals surface area contributed by atoms with Crippen molar-refractivity contribution in [2.45, 2.75) is 69.9 Å². The quantitative estimate of drug-likeness (QED) is 0.164. The highest BCUT2D eigenvalue weighted by Gasteiger charge is 2.39. The fraction of sp³-hybridized carbons (Fsp3) is 0.424. The zero-order valence-electron chi connectivity index (χ0n) is 25.3. The minimum absolute atomic E-state index is 0.0132. The third kappa shape index (κ3) is 5.47. The molecule has 1 aliphatic carbocycles. The van der Waals surface area contributed by atoms with Gasteiger partial charge in [-0.25, -0.2) is 4.98 Å². The number of amidine groups is 1. The summed E-state index contributed by atoms with van der Waals surface area (Å²) in [7, 11) is 3.27. The second kappa shape index (κ2) is 11.8. The van der Waals surface area contributed by atoms with Crippen LogP contribution in [0.3, 0.4) is 0 Å². The van der Waals surface area contributed by atoms with Crippen LogP contribution in [-0.2, 0) is 9.53 Å².